The van der Waals surface area contributed by atoms with Gasteiger partial charge in [-0.1, -0.05) is 26.8 Å². The standard InChI is InChI=1S/C35H37F3N6O3Si/c1-34(2,3)48(5,6)47-12-11-46-24-16-27-28(29(17-24)35(36,37)38)19-44(33(27)45)31-15-23(14-30(41-31)22-8-9-22)25-10-7-21(18-39)13-26(25)32-42-40-20-43(32)4/h7,10,13-17,20,22H,8-9,11-12,19H2,1-6H3. The third kappa shape index (κ3) is 6.46. The van der Waals surface area contributed by atoms with E-state index >= 15 is 0 Å². The van der Waals surface area contributed by atoms with Crippen LogP contribution >= 0.6 is 0 Å². The zero-order chi connectivity index (χ0) is 34.6. The van der Waals surface area contributed by atoms with Gasteiger partial charge in [0.1, 0.15) is 24.5 Å². The van der Waals surface area contributed by atoms with E-state index in [1.165, 1.54) is 11.0 Å². The van der Waals surface area contributed by atoms with Crippen molar-refractivity contribution < 1.29 is 27.1 Å². The molecule has 0 N–H and O–H groups in total. The number of hydrogen-bond donors (Lipinski definition) is 0. The summed E-state index contributed by atoms with van der Waals surface area (Å²) in [6.45, 7) is 10.5. The second kappa shape index (κ2) is 12.2. The van der Waals surface area contributed by atoms with Crippen LogP contribution in [-0.4, -0.2) is 47.2 Å². The third-order valence-electron chi connectivity index (χ3n) is 9.46. The molecule has 2 aromatic heterocycles. The van der Waals surface area contributed by atoms with Gasteiger partial charge in [0.15, 0.2) is 14.1 Å². The van der Waals surface area contributed by atoms with E-state index in [-0.39, 0.29) is 53.4 Å². The zero-order valence-corrected chi connectivity index (χ0v) is 28.8. The number of nitrogens with zero attached hydrogens (tertiary/aromatic N) is 6. The first-order chi connectivity index (χ1) is 22.6. The number of rotatable bonds is 9. The van der Waals surface area contributed by atoms with E-state index in [4.69, 9.17) is 14.1 Å². The fraction of sp³-hybridized carbons (Fsp3) is 0.400. The number of amides is 1. The predicted octanol–water partition coefficient (Wildman–Crippen LogP) is 7.87. The molecule has 1 fully saturated rings. The van der Waals surface area contributed by atoms with E-state index in [1.807, 2.05) is 6.07 Å². The number of aromatic nitrogens is 4. The first-order valence-electron chi connectivity index (χ1n) is 15.8. The average molecular weight is 675 g/mol. The smallest absolute Gasteiger partial charge is 0.416 e. The second-order valence-corrected chi connectivity index (χ2v) is 18.7. The van der Waals surface area contributed by atoms with Gasteiger partial charge in [-0.05, 0) is 84.1 Å². The van der Waals surface area contributed by atoms with Gasteiger partial charge < -0.3 is 13.7 Å². The fourth-order valence-corrected chi connectivity index (χ4v) is 6.60. The van der Waals surface area contributed by atoms with Crippen molar-refractivity contribution in [2.75, 3.05) is 18.1 Å². The van der Waals surface area contributed by atoms with E-state index in [2.05, 4.69) is 50.1 Å². The molecule has 0 saturated heterocycles. The Kier molecular flexibility index (Phi) is 8.45. The summed E-state index contributed by atoms with van der Waals surface area (Å²) in [4.78, 5) is 20.0. The molecule has 6 rings (SSSR count). The molecule has 1 aliphatic carbocycles. The first-order valence-corrected chi connectivity index (χ1v) is 18.7. The van der Waals surface area contributed by atoms with Gasteiger partial charge in [-0.25, -0.2) is 4.98 Å². The number of carbonyl (C=O) groups is 1. The van der Waals surface area contributed by atoms with Crippen LogP contribution in [0.15, 0.2) is 48.8 Å². The summed E-state index contributed by atoms with van der Waals surface area (Å²) in [6.07, 6.45) is -1.31. The van der Waals surface area contributed by atoms with Gasteiger partial charge in [0.25, 0.3) is 5.91 Å². The summed E-state index contributed by atoms with van der Waals surface area (Å²) in [7, 11) is -0.278. The Labute approximate surface area is 278 Å². The number of ether oxygens (including phenoxy) is 1. The van der Waals surface area contributed by atoms with Crippen molar-refractivity contribution in [3.8, 4) is 34.3 Å². The van der Waals surface area contributed by atoms with Crippen molar-refractivity contribution in [1.29, 1.82) is 5.26 Å². The van der Waals surface area contributed by atoms with Crippen molar-refractivity contribution in [2.45, 2.75) is 70.4 Å². The Morgan fingerprint density at radius 1 is 1.02 bits per heavy atom. The summed E-state index contributed by atoms with van der Waals surface area (Å²) in [5, 5.41) is 17.8. The van der Waals surface area contributed by atoms with Crippen molar-refractivity contribution in [3.63, 3.8) is 0 Å². The molecule has 2 aromatic carbocycles. The van der Waals surface area contributed by atoms with E-state index in [1.54, 1.807) is 42.2 Å². The maximum Gasteiger partial charge on any atom is 0.416 e. The molecule has 1 amide bonds. The van der Waals surface area contributed by atoms with E-state index < -0.39 is 26.0 Å². The lowest BCUT2D eigenvalue weighted by Crippen LogP contribution is -2.41. The monoisotopic (exact) mass is 674 g/mol. The first kappa shape index (κ1) is 33.4. The summed E-state index contributed by atoms with van der Waals surface area (Å²) in [5.74, 6) is 0.344. The molecule has 1 saturated carbocycles. The summed E-state index contributed by atoms with van der Waals surface area (Å²) in [6, 6.07) is 13.4. The summed E-state index contributed by atoms with van der Waals surface area (Å²) < 4.78 is 56.9. The van der Waals surface area contributed by atoms with Gasteiger partial charge in [0, 0.05) is 29.8 Å². The van der Waals surface area contributed by atoms with Gasteiger partial charge >= 0.3 is 6.18 Å². The van der Waals surface area contributed by atoms with Crippen molar-refractivity contribution in [1.82, 2.24) is 19.7 Å². The van der Waals surface area contributed by atoms with Crippen molar-refractivity contribution >= 4 is 20.0 Å². The number of fused-ring (bicyclic) bond motifs is 1. The van der Waals surface area contributed by atoms with Crippen LogP contribution in [0.4, 0.5) is 19.0 Å². The molecule has 0 spiro atoms. The highest BCUT2D eigenvalue weighted by Crippen LogP contribution is 2.45. The molecule has 3 heterocycles. The highest BCUT2D eigenvalue weighted by molar-refractivity contribution is 6.74. The zero-order valence-electron chi connectivity index (χ0n) is 27.8. The molecule has 0 unspecified atom stereocenters. The number of hydrogen-bond acceptors (Lipinski definition) is 7. The lowest BCUT2D eigenvalue weighted by molar-refractivity contribution is -0.138. The molecule has 0 bridgehead atoms. The number of halogens is 3. The largest absolute Gasteiger partial charge is 0.491 e. The maximum absolute atomic E-state index is 14.4. The number of anilines is 1. The van der Waals surface area contributed by atoms with Gasteiger partial charge in [0.2, 0.25) is 0 Å². The number of nitriles is 1. The quantitative estimate of drug-likeness (QED) is 0.131. The molecule has 0 atom stereocenters. The topological polar surface area (TPSA) is 106 Å². The molecular formula is C35H37F3N6O3Si. The number of alkyl halides is 3. The van der Waals surface area contributed by atoms with Crippen LogP contribution in [-0.2, 0) is 24.2 Å². The van der Waals surface area contributed by atoms with Gasteiger partial charge in [-0.3, -0.25) is 9.69 Å². The Morgan fingerprint density at radius 3 is 2.40 bits per heavy atom. The van der Waals surface area contributed by atoms with Gasteiger partial charge in [0.05, 0.1) is 30.3 Å². The molecule has 1 aliphatic heterocycles. The molecule has 250 valence electrons. The van der Waals surface area contributed by atoms with Gasteiger partial charge in [-0.2, -0.15) is 18.4 Å². The van der Waals surface area contributed by atoms with Crippen LogP contribution in [0.2, 0.25) is 18.1 Å². The normalized spacial score (nSPS) is 15.1. The molecule has 9 nitrogen and oxygen atoms in total. The van der Waals surface area contributed by atoms with E-state index in [0.717, 1.165) is 30.2 Å². The Balaban J connectivity index is 1.35. The third-order valence-corrected chi connectivity index (χ3v) is 14.0. The van der Waals surface area contributed by atoms with Crippen LogP contribution < -0.4 is 9.64 Å². The Morgan fingerprint density at radius 2 is 1.77 bits per heavy atom. The summed E-state index contributed by atoms with van der Waals surface area (Å²) in [5.41, 5.74) is 2.18. The van der Waals surface area contributed by atoms with Gasteiger partial charge in [-0.15, -0.1) is 10.2 Å². The minimum absolute atomic E-state index is 0.0261. The average Bonchev–Trinajstić information content (AvgIpc) is 3.71. The van der Waals surface area contributed by atoms with Crippen LogP contribution in [0.1, 0.15) is 72.3 Å². The number of pyridine rings is 1. The highest BCUT2D eigenvalue weighted by atomic mass is 28.4. The van der Waals surface area contributed by atoms with Crippen LogP contribution in [0.25, 0.3) is 22.5 Å². The van der Waals surface area contributed by atoms with Crippen LogP contribution in [0.3, 0.4) is 0 Å². The Bertz CT molecular complexity index is 1940. The highest BCUT2D eigenvalue weighted by Gasteiger charge is 2.42. The second-order valence-electron chi connectivity index (χ2n) is 13.9. The maximum atomic E-state index is 14.4. The van der Waals surface area contributed by atoms with E-state index in [0.29, 0.717) is 22.5 Å². The lowest BCUT2D eigenvalue weighted by atomic mass is 9.96. The van der Waals surface area contributed by atoms with E-state index in [9.17, 15) is 23.2 Å². The number of aryl methyl sites for hydroxylation is 1. The molecule has 13 heteroatoms. The molecular weight excluding hydrogens is 638 g/mol. The SMILES string of the molecule is Cn1cnnc1-c1cc(C#N)ccc1-c1cc(C2CC2)nc(N2Cc3c(cc(OCCO[Si](C)(C)C(C)(C)C)cc3C(F)(F)F)C2=O)c1. The Hall–Kier alpha value is -4.54. The fourth-order valence-electron chi connectivity index (χ4n) is 5.57. The van der Waals surface area contributed by atoms with Crippen LogP contribution in [0, 0.1) is 11.3 Å². The number of carbonyl (C=O) groups excluding carboxylic acids is 1. The predicted molar refractivity (Wildman–Crippen MR) is 177 cm³/mol. The minimum atomic E-state index is -4.71. The molecule has 4 aromatic rings. The van der Waals surface area contributed by atoms with Crippen LogP contribution in [0.5, 0.6) is 5.75 Å². The molecule has 0 radical (unpaired) electrons. The summed E-state index contributed by atoms with van der Waals surface area (Å²) >= 11 is 0. The lowest BCUT2D eigenvalue weighted by Gasteiger charge is -2.36. The van der Waals surface area contributed by atoms with Crippen molar-refractivity contribution in [2.24, 2.45) is 7.05 Å². The molecule has 2 aliphatic rings. The minimum Gasteiger partial charge on any atom is -0.491 e. The number of benzene rings is 2. The molecule has 48 heavy (non-hydrogen) atoms. The van der Waals surface area contributed by atoms with Crippen molar-refractivity contribution in [3.05, 3.63) is 76.7 Å².